The summed E-state index contributed by atoms with van der Waals surface area (Å²) in [5.74, 6) is -2.34. The van der Waals surface area contributed by atoms with E-state index >= 15 is 0 Å². The van der Waals surface area contributed by atoms with Crippen LogP contribution in [0.25, 0.3) is 0 Å². The highest BCUT2D eigenvalue weighted by Crippen LogP contribution is 2.22. The third-order valence-electron chi connectivity index (χ3n) is 2.74. The molecule has 0 amide bonds. The van der Waals surface area contributed by atoms with Gasteiger partial charge in [0.25, 0.3) is 0 Å². The standard InChI is InChI=1S/C13H22O8S4/c14-9(1-22)18-5-13(6-19-10(15)2-23,7-20-11(16)3-24)8-21-12(17)4-25/h9,14,22-25H,1-8H2. The molecule has 0 spiro atoms. The lowest BCUT2D eigenvalue weighted by Crippen LogP contribution is -2.44. The van der Waals surface area contributed by atoms with Gasteiger partial charge in [0.15, 0.2) is 6.29 Å². The number of ether oxygens (including phenoxy) is 4. The van der Waals surface area contributed by atoms with E-state index in [2.05, 4.69) is 50.5 Å². The van der Waals surface area contributed by atoms with Crippen molar-refractivity contribution in [1.82, 2.24) is 0 Å². The Balaban J connectivity index is 5.20. The van der Waals surface area contributed by atoms with Gasteiger partial charge in [0, 0.05) is 5.75 Å². The molecule has 25 heavy (non-hydrogen) atoms. The molecule has 0 aliphatic carbocycles. The molecular weight excluding hydrogens is 412 g/mol. The van der Waals surface area contributed by atoms with Crippen LogP contribution < -0.4 is 0 Å². The van der Waals surface area contributed by atoms with Gasteiger partial charge in [-0.2, -0.15) is 50.5 Å². The van der Waals surface area contributed by atoms with Crippen molar-refractivity contribution >= 4 is 68.4 Å². The molecule has 0 fully saturated rings. The van der Waals surface area contributed by atoms with Gasteiger partial charge in [0.1, 0.15) is 19.8 Å². The van der Waals surface area contributed by atoms with Crippen LogP contribution in [0.4, 0.5) is 0 Å². The maximum absolute atomic E-state index is 11.4. The van der Waals surface area contributed by atoms with Crippen LogP contribution in [0.3, 0.4) is 0 Å². The lowest BCUT2D eigenvalue weighted by Gasteiger charge is -2.32. The molecule has 8 nitrogen and oxygen atoms in total. The number of carbonyl (C=O) groups excluding carboxylic acids is 3. The molecule has 1 unspecified atom stereocenters. The number of rotatable bonds is 13. The summed E-state index contributed by atoms with van der Waals surface area (Å²) < 4.78 is 20.3. The number of aliphatic hydroxyl groups excluding tert-OH is 1. The van der Waals surface area contributed by atoms with Crippen LogP contribution in [0.2, 0.25) is 0 Å². The van der Waals surface area contributed by atoms with Crippen LogP contribution in [0.1, 0.15) is 0 Å². The molecule has 1 N–H and O–H groups in total. The van der Waals surface area contributed by atoms with Crippen molar-refractivity contribution in [2.75, 3.05) is 49.4 Å². The number of esters is 3. The summed E-state index contributed by atoms with van der Waals surface area (Å²) in [6, 6.07) is 0. The second kappa shape index (κ2) is 13.9. The molecule has 12 heteroatoms. The van der Waals surface area contributed by atoms with Crippen molar-refractivity contribution in [2.24, 2.45) is 5.41 Å². The van der Waals surface area contributed by atoms with Gasteiger partial charge in [-0.3, -0.25) is 14.4 Å². The molecule has 146 valence electrons. The Bertz CT molecular complexity index is 384. The molecule has 0 bridgehead atoms. The van der Waals surface area contributed by atoms with Crippen LogP contribution in [0.15, 0.2) is 0 Å². The van der Waals surface area contributed by atoms with Crippen LogP contribution in [0, 0.1) is 5.41 Å². The lowest BCUT2D eigenvalue weighted by atomic mass is 9.92. The predicted molar refractivity (Wildman–Crippen MR) is 103 cm³/mol. The van der Waals surface area contributed by atoms with E-state index < -0.39 is 29.6 Å². The van der Waals surface area contributed by atoms with Crippen molar-refractivity contribution in [2.45, 2.75) is 6.29 Å². The number of hydrogen-bond donors (Lipinski definition) is 5. The molecule has 1 atom stereocenters. The lowest BCUT2D eigenvalue weighted by molar-refractivity contribution is -0.175. The van der Waals surface area contributed by atoms with Gasteiger partial charge in [-0.25, -0.2) is 0 Å². The molecule has 0 saturated heterocycles. The number of aliphatic hydroxyl groups is 1. The quantitative estimate of drug-likeness (QED) is 0.116. The van der Waals surface area contributed by atoms with Crippen LogP contribution >= 0.6 is 50.5 Å². The fraction of sp³-hybridized carbons (Fsp3) is 0.769. The van der Waals surface area contributed by atoms with Gasteiger partial charge in [0.2, 0.25) is 0 Å². The van der Waals surface area contributed by atoms with E-state index in [1.807, 2.05) is 0 Å². The fourth-order valence-electron chi connectivity index (χ4n) is 1.41. The minimum atomic E-state index is -1.22. The minimum Gasteiger partial charge on any atom is -0.464 e. The van der Waals surface area contributed by atoms with E-state index in [4.69, 9.17) is 18.9 Å². The zero-order chi connectivity index (χ0) is 19.3. The smallest absolute Gasteiger partial charge is 0.315 e. The summed E-state index contributed by atoms with van der Waals surface area (Å²) in [5, 5.41) is 9.53. The maximum atomic E-state index is 11.4. The van der Waals surface area contributed by atoms with E-state index in [1.54, 1.807) is 0 Å². The Hall–Kier alpha value is -0.270. The van der Waals surface area contributed by atoms with Gasteiger partial charge in [0.05, 0.1) is 29.3 Å². The summed E-state index contributed by atoms with van der Waals surface area (Å²) in [7, 11) is 0. The molecular formula is C13H22O8S4. The number of thiol groups is 4. The van der Waals surface area contributed by atoms with Crippen molar-refractivity contribution < 1.29 is 38.4 Å². The molecule has 0 aromatic carbocycles. The first kappa shape index (κ1) is 24.7. The Labute approximate surface area is 167 Å². The molecule has 0 aromatic heterocycles. The van der Waals surface area contributed by atoms with Crippen molar-refractivity contribution in [1.29, 1.82) is 0 Å². The summed E-state index contributed by atoms with van der Waals surface area (Å²) in [6.07, 6.45) is -1.20. The maximum Gasteiger partial charge on any atom is 0.315 e. The minimum absolute atomic E-state index is 0.0133. The SMILES string of the molecule is O=C(CS)OCC(COC(=O)CS)(COC(=O)CS)COC(O)CS. The van der Waals surface area contributed by atoms with E-state index in [-0.39, 0.29) is 49.4 Å². The molecule has 0 aliphatic heterocycles. The van der Waals surface area contributed by atoms with Gasteiger partial charge >= 0.3 is 17.9 Å². The van der Waals surface area contributed by atoms with Crippen LogP contribution in [-0.4, -0.2) is 78.7 Å². The fourth-order valence-corrected chi connectivity index (χ4v) is 1.79. The van der Waals surface area contributed by atoms with Crippen molar-refractivity contribution in [3.63, 3.8) is 0 Å². The monoisotopic (exact) mass is 434 g/mol. The summed E-state index contributed by atoms with van der Waals surface area (Å²) in [5.41, 5.74) is -1.22. The average molecular weight is 435 g/mol. The van der Waals surface area contributed by atoms with Gasteiger partial charge < -0.3 is 24.1 Å². The molecule has 0 aliphatic rings. The highest BCUT2D eigenvalue weighted by atomic mass is 32.1. The third-order valence-corrected chi connectivity index (χ3v) is 3.83. The molecule has 0 heterocycles. The Morgan fingerprint density at radius 1 is 0.760 bits per heavy atom. The summed E-state index contributed by atoms with van der Waals surface area (Å²) in [4.78, 5) is 34.2. The predicted octanol–water partition coefficient (Wildman–Crippen LogP) is -0.343. The largest absolute Gasteiger partial charge is 0.464 e. The highest BCUT2D eigenvalue weighted by molar-refractivity contribution is 7.81. The van der Waals surface area contributed by atoms with Gasteiger partial charge in [-0.1, -0.05) is 0 Å². The van der Waals surface area contributed by atoms with Crippen LogP contribution in [-0.2, 0) is 33.3 Å². The first-order chi connectivity index (χ1) is 11.8. The number of carbonyl (C=O) groups is 3. The van der Waals surface area contributed by atoms with E-state index in [9.17, 15) is 19.5 Å². The zero-order valence-electron chi connectivity index (χ0n) is 13.3. The Kier molecular flexibility index (Phi) is 13.7. The van der Waals surface area contributed by atoms with Crippen molar-refractivity contribution in [3.05, 3.63) is 0 Å². The first-order valence-corrected chi connectivity index (χ1v) is 9.55. The number of hydrogen-bond acceptors (Lipinski definition) is 12. The third kappa shape index (κ3) is 11.1. The Morgan fingerprint density at radius 3 is 1.40 bits per heavy atom. The van der Waals surface area contributed by atoms with E-state index in [0.29, 0.717) is 0 Å². The summed E-state index contributed by atoms with van der Waals surface area (Å²) in [6.45, 7) is -1.09. The van der Waals surface area contributed by atoms with Gasteiger partial charge in [-0.15, -0.1) is 0 Å². The summed E-state index contributed by atoms with van der Waals surface area (Å²) >= 11 is 15.3. The normalized spacial score (nSPS) is 12.4. The second-order valence-corrected chi connectivity index (χ2v) is 6.22. The second-order valence-electron chi connectivity index (χ2n) is 4.90. The first-order valence-electron chi connectivity index (χ1n) is 7.02. The molecule has 0 rings (SSSR count). The highest BCUT2D eigenvalue weighted by Gasteiger charge is 2.37. The molecule has 0 saturated carbocycles. The topological polar surface area (TPSA) is 108 Å². The average Bonchev–Trinajstić information content (AvgIpc) is 2.65. The van der Waals surface area contributed by atoms with Gasteiger partial charge in [-0.05, 0) is 0 Å². The van der Waals surface area contributed by atoms with Crippen LogP contribution in [0.5, 0.6) is 0 Å². The van der Waals surface area contributed by atoms with E-state index in [1.165, 1.54) is 0 Å². The van der Waals surface area contributed by atoms with E-state index in [0.717, 1.165) is 0 Å². The Morgan fingerprint density at radius 2 is 1.12 bits per heavy atom. The zero-order valence-corrected chi connectivity index (χ0v) is 16.9. The molecule has 0 radical (unpaired) electrons. The van der Waals surface area contributed by atoms with Crippen molar-refractivity contribution in [3.8, 4) is 0 Å². The molecule has 0 aromatic rings.